The summed E-state index contributed by atoms with van der Waals surface area (Å²) in [6, 6.07) is 6.58. The van der Waals surface area contributed by atoms with Gasteiger partial charge in [0.2, 0.25) is 11.8 Å². The summed E-state index contributed by atoms with van der Waals surface area (Å²) in [4.78, 5) is 27.4. The lowest BCUT2D eigenvalue weighted by Crippen LogP contribution is -2.56. The van der Waals surface area contributed by atoms with Gasteiger partial charge in [-0.05, 0) is 25.5 Å². The molecule has 3 N–H and O–H groups in total. The third kappa shape index (κ3) is 5.12. The van der Waals surface area contributed by atoms with Crippen molar-refractivity contribution in [2.24, 2.45) is 0 Å². The van der Waals surface area contributed by atoms with Crippen molar-refractivity contribution in [3.8, 4) is 5.75 Å². The first-order valence-electron chi connectivity index (χ1n) is 10.9. The average molecular weight is 449 g/mol. The van der Waals surface area contributed by atoms with Crippen LogP contribution in [-0.2, 0) is 19.1 Å². The Morgan fingerprint density at radius 3 is 2.78 bits per heavy atom. The largest absolute Gasteiger partial charge is 0.486 e. The predicted octanol–water partition coefficient (Wildman–Crippen LogP) is 0.211. The minimum atomic E-state index is -1.05. The quantitative estimate of drug-likeness (QED) is 0.414. The molecule has 0 aromatic heterocycles. The number of aliphatic hydroxyl groups is 2. The van der Waals surface area contributed by atoms with Gasteiger partial charge in [-0.3, -0.25) is 9.59 Å². The average Bonchev–Trinajstić information content (AvgIpc) is 3.19. The van der Waals surface area contributed by atoms with Crippen molar-refractivity contribution >= 4 is 11.8 Å². The van der Waals surface area contributed by atoms with Crippen LogP contribution < -0.4 is 10.1 Å². The van der Waals surface area contributed by atoms with Crippen molar-refractivity contribution in [1.29, 1.82) is 0 Å². The molecule has 1 aromatic rings. The number of methoxy groups -OCH3 is 1. The highest BCUT2D eigenvalue weighted by Gasteiger charge is 2.50. The lowest BCUT2D eigenvalue weighted by Gasteiger charge is -2.40. The highest BCUT2D eigenvalue weighted by atomic mass is 16.5. The van der Waals surface area contributed by atoms with Gasteiger partial charge in [-0.25, -0.2) is 0 Å². The molecule has 1 aliphatic heterocycles. The zero-order valence-electron chi connectivity index (χ0n) is 18.5. The summed E-state index contributed by atoms with van der Waals surface area (Å²) < 4.78 is 16.5. The number of rotatable bonds is 11. The molecule has 32 heavy (non-hydrogen) atoms. The molecule has 2 amide bonds. The number of benzene rings is 1. The Bertz CT molecular complexity index is 828. The van der Waals surface area contributed by atoms with Gasteiger partial charge in [0.05, 0.1) is 18.6 Å². The molecule has 4 unspecified atom stereocenters. The molecule has 9 nitrogen and oxygen atoms in total. The van der Waals surface area contributed by atoms with E-state index in [1.165, 1.54) is 12.0 Å². The smallest absolute Gasteiger partial charge is 0.249 e. The molecule has 3 rings (SSSR count). The SMILES string of the molecule is CCOCCCN(C(=O)COC)C1C=C(C(=O)NCCO)C2c3ccccc3OC2C1O. The van der Waals surface area contributed by atoms with E-state index >= 15 is 0 Å². The van der Waals surface area contributed by atoms with E-state index in [-0.39, 0.29) is 31.6 Å². The van der Waals surface area contributed by atoms with Gasteiger partial charge >= 0.3 is 0 Å². The van der Waals surface area contributed by atoms with Gasteiger partial charge in [-0.15, -0.1) is 0 Å². The van der Waals surface area contributed by atoms with Crippen molar-refractivity contribution in [3.05, 3.63) is 41.5 Å². The van der Waals surface area contributed by atoms with Crippen molar-refractivity contribution in [2.75, 3.05) is 46.6 Å². The van der Waals surface area contributed by atoms with Crippen molar-refractivity contribution < 1.29 is 34.0 Å². The molecule has 0 saturated heterocycles. The summed E-state index contributed by atoms with van der Waals surface area (Å²) in [5.41, 5.74) is 1.22. The molecule has 4 atom stereocenters. The molecule has 9 heteroatoms. The van der Waals surface area contributed by atoms with Gasteiger partial charge in [-0.1, -0.05) is 18.2 Å². The van der Waals surface area contributed by atoms with Gasteiger partial charge < -0.3 is 34.6 Å². The highest BCUT2D eigenvalue weighted by Crippen LogP contribution is 2.47. The Morgan fingerprint density at radius 1 is 1.28 bits per heavy atom. The van der Waals surface area contributed by atoms with E-state index in [1.54, 1.807) is 12.1 Å². The van der Waals surface area contributed by atoms with Crippen LogP contribution in [0.4, 0.5) is 0 Å². The van der Waals surface area contributed by atoms with E-state index in [9.17, 15) is 14.7 Å². The van der Waals surface area contributed by atoms with E-state index in [2.05, 4.69) is 5.32 Å². The lowest BCUT2D eigenvalue weighted by molar-refractivity contribution is -0.141. The number of nitrogens with one attached hydrogen (secondary N) is 1. The van der Waals surface area contributed by atoms with Crippen LogP contribution in [0.2, 0.25) is 0 Å². The van der Waals surface area contributed by atoms with Crippen LogP contribution in [0.5, 0.6) is 5.75 Å². The summed E-state index contributed by atoms with van der Waals surface area (Å²) in [5.74, 6) is -0.527. The van der Waals surface area contributed by atoms with Crippen LogP contribution in [0.1, 0.15) is 24.8 Å². The molecular formula is C23H32N2O7. The molecule has 0 spiro atoms. The van der Waals surface area contributed by atoms with Crippen LogP contribution in [0.15, 0.2) is 35.9 Å². The number of para-hydroxylation sites is 1. The number of ether oxygens (including phenoxy) is 3. The molecule has 0 bridgehead atoms. The maximum atomic E-state index is 13.0. The van der Waals surface area contributed by atoms with E-state index < -0.39 is 24.2 Å². The van der Waals surface area contributed by atoms with Gasteiger partial charge in [-0.2, -0.15) is 0 Å². The van der Waals surface area contributed by atoms with Gasteiger partial charge in [0.1, 0.15) is 24.6 Å². The van der Waals surface area contributed by atoms with Gasteiger partial charge in [0.15, 0.2) is 0 Å². The lowest BCUT2D eigenvalue weighted by atomic mass is 9.77. The first-order chi connectivity index (χ1) is 15.5. The number of amides is 2. The number of nitrogens with zero attached hydrogens (tertiary/aromatic N) is 1. The molecule has 1 aliphatic carbocycles. The minimum absolute atomic E-state index is 0.101. The Hall–Kier alpha value is -2.46. The van der Waals surface area contributed by atoms with Gasteiger partial charge in [0.25, 0.3) is 0 Å². The molecule has 0 fully saturated rings. The number of carbonyl (C=O) groups is 2. The number of hydrogen-bond donors (Lipinski definition) is 3. The second kappa shape index (κ2) is 11.4. The maximum Gasteiger partial charge on any atom is 0.249 e. The van der Waals surface area contributed by atoms with Crippen LogP contribution in [0.25, 0.3) is 0 Å². The molecule has 1 heterocycles. The topological polar surface area (TPSA) is 118 Å². The van der Waals surface area contributed by atoms with Crippen LogP contribution in [0, 0.1) is 0 Å². The molecular weight excluding hydrogens is 416 g/mol. The fourth-order valence-corrected chi connectivity index (χ4v) is 4.32. The first kappa shape index (κ1) is 24.2. The fraction of sp³-hybridized carbons (Fsp3) is 0.565. The monoisotopic (exact) mass is 448 g/mol. The number of carbonyl (C=O) groups excluding carboxylic acids is 2. The Labute approximate surface area is 187 Å². The van der Waals surface area contributed by atoms with Crippen LogP contribution in [-0.4, -0.2) is 91.8 Å². The predicted molar refractivity (Wildman–Crippen MR) is 116 cm³/mol. The number of aliphatic hydroxyl groups excluding tert-OH is 2. The van der Waals surface area contributed by atoms with Crippen molar-refractivity contribution in [2.45, 2.75) is 37.5 Å². The molecule has 176 valence electrons. The van der Waals surface area contributed by atoms with Crippen LogP contribution in [0.3, 0.4) is 0 Å². The highest BCUT2D eigenvalue weighted by molar-refractivity contribution is 5.96. The Morgan fingerprint density at radius 2 is 2.06 bits per heavy atom. The van der Waals surface area contributed by atoms with Crippen molar-refractivity contribution in [3.63, 3.8) is 0 Å². The summed E-state index contributed by atoms with van der Waals surface area (Å²) in [7, 11) is 1.43. The third-order valence-corrected chi connectivity index (χ3v) is 5.72. The summed E-state index contributed by atoms with van der Waals surface area (Å²) in [6.07, 6.45) is 0.455. The first-order valence-corrected chi connectivity index (χ1v) is 10.9. The second-order valence-corrected chi connectivity index (χ2v) is 7.75. The Balaban J connectivity index is 1.96. The van der Waals surface area contributed by atoms with Gasteiger partial charge in [0, 0.05) is 44.5 Å². The summed E-state index contributed by atoms with van der Waals surface area (Å²) in [6.45, 7) is 3.03. The molecule has 0 radical (unpaired) electrons. The van der Waals surface area contributed by atoms with E-state index in [4.69, 9.17) is 19.3 Å². The minimum Gasteiger partial charge on any atom is -0.486 e. The second-order valence-electron chi connectivity index (χ2n) is 7.75. The summed E-state index contributed by atoms with van der Waals surface area (Å²) >= 11 is 0. The van der Waals surface area contributed by atoms with Crippen molar-refractivity contribution in [1.82, 2.24) is 10.2 Å². The Kier molecular flexibility index (Phi) is 8.63. The fourth-order valence-electron chi connectivity index (χ4n) is 4.32. The zero-order valence-corrected chi connectivity index (χ0v) is 18.5. The maximum absolute atomic E-state index is 13.0. The normalized spacial score (nSPS) is 23.6. The standard InChI is InChI=1S/C23H32N2O7/c1-3-31-12-6-10-25(19(27)14-30-2)17-13-16(23(29)24-9-11-26)20-15-7-4-5-8-18(15)32-22(20)21(17)28/h4-5,7-8,13,17,20-22,26,28H,3,6,9-12,14H2,1-2H3,(H,24,29). The number of hydrogen-bond acceptors (Lipinski definition) is 7. The molecule has 0 saturated carbocycles. The van der Waals surface area contributed by atoms with E-state index in [1.807, 2.05) is 25.1 Å². The molecule has 2 aliphatic rings. The van der Waals surface area contributed by atoms with Crippen LogP contribution >= 0.6 is 0 Å². The molecule has 1 aromatic carbocycles. The van der Waals surface area contributed by atoms with E-state index in [0.29, 0.717) is 37.5 Å². The summed E-state index contributed by atoms with van der Waals surface area (Å²) in [5, 5.41) is 23.1. The number of fused-ring (bicyclic) bond motifs is 3. The van der Waals surface area contributed by atoms with E-state index in [0.717, 1.165) is 5.56 Å². The third-order valence-electron chi connectivity index (χ3n) is 5.72. The zero-order chi connectivity index (χ0) is 23.1.